The minimum Gasteiger partial charge on any atom is -0.478 e. The summed E-state index contributed by atoms with van der Waals surface area (Å²) in [5.41, 5.74) is -0.230. The third-order valence-electron chi connectivity index (χ3n) is 2.39. The molecular weight excluding hydrogens is 357 g/mol. The Balaban J connectivity index is 2.39. The molecule has 0 spiro atoms. The van der Waals surface area contributed by atoms with Gasteiger partial charge in [0.1, 0.15) is 11.6 Å². The molecule has 7 heteroatoms. The van der Waals surface area contributed by atoms with Crippen molar-refractivity contribution in [3.8, 4) is 0 Å². The van der Waals surface area contributed by atoms with E-state index in [0.29, 0.717) is 6.07 Å². The molecule has 0 saturated carbocycles. The topological polar surface area (TPSA) is 37.3 Å². The summed E-state index contributed by atoms with van der Waals surface area (Å²) in [4.78, 5) is 10.9. The second-order valence-corrected chi connectivity index (χ2v) is 5.60. The number of carboxylic acid groups (broad SMARTS) is 1. The average molecular weight is 363 g/mol. The van der Waals surface area contributed by atoms with E-state index in [4.69, 9.17) is 5.11 Å². The average Bonchev–Trinajstić information content (AvgIpc) is 2.37. The van der Waals surface area contributed by atoms with Crippen LogP contribution in [0.3, 0.4) is 0 Å². The van der Waals surface area contributed by atoms with Crippen LogP contribution in [0.15, 0.2) is 44.6 Å². The molecule has 0 bridgehead atoms. The summed E-state index contributed by atoms with van der Waals surface area (Å²) in [7, 11) is 0. The van der Waals surface area contributed by atoms with Gasteiger partial charge in [-0.15, -0.1) is 0 Å². The van der Waals surface area contributed by atoms with Gasteiger partial charge in [-0.3, -0.25) is 0 Å². The smallest absolute Gasteiger partial charge is 0.336 e. The van der Waals surface area contributed by atoms with E-state index in [1.54, 1.807) is 0 Å². The van der Waals surface area contributed by atoms with Gasteiger partial charge < -0.3 is 5.11 Å². The summed E-state index contributed by atoms with van der Waals surface area (Å²) in [6.45, 7) is 0. The van der Waals surface area contributed by atoms with Gasteiger partial charge in [-0.05, 0) is 40.2 Å². The fraction of sp³-hybridized carbons (Fsp3) is 0. The third kappa shape index (κ3) is 2.99. The van der Waals surface area contributed by atoms with Gasteiger partial charge in [0, 0.05) is 15.9 Å². The number of hydrogen-bond donors (Lipinski definition) is 1. The Morgan fingerprint density at radius 3 is 2.35 bits per heavy atom. The van der Waals surface area contributed by atoms with Gasteiger partial charge in [0.2, 0.25) is 0 Å². The summed E-state index contributed by atoms with van der Waals surface area (Å²) in [6.07, 6.45) is 0. The highest BCUT2D eigenvalue weighted by Crippen LogP contribution is 2.35. The Labute approximate surface area is 124 Å². The first-order valence-electron chi connectivity index (χ1n) is 5.24. The fourth-order valence-electron chi connectivity index (χ4n) is 1.45. The Morgan fingerprint density at radius 1 is 1.10 bits per heavy atom. The highest BCUT2D eigenvalue weighted by Gasteiger charge is 2.17. The number of rotatable bonds is 3. The van der Waals surface area contributed by atoms with Gasteiger partial charge >= 0.3 is 5.97 Å². The van der Waals surface area contributed by atoms with Crippen LogP contribution in [0.25, 0.3) is 0 Å². The normalized spacial score (nSPS) is 10.6. The van der Waals surface area contributed by atoms with Crippen LogP contribution in [0.4, 0.5) is 13.2 Å². The Morgan fingerprint density at radius 2 is 1.75 bits per heavy atom. The molecule has 0 saturated heterocycles. The second-order valence-electron chi connectivity index (χ2n) is 3.72. The molecule has 0 fully saturated rings. The van der Waals surface area contributed by atoms with Crippen molar-refractivity contribution in [2.24, 2.45) is 0 Å². The largest absolute Gasteiger partial charge is 0.478 e. The standard InChI is InChI=1S/C13H6BrF3O2S/c14-11-7(13(18)19)2-4-10(12(11)17)20-9-3-1-6(15)5-8(9)16/h1-5H,(H,18,19). The van der Waals surface area contributed by atoms with Gasteiger partial charge in [0.05, 0.1) is 10.0 Å². The van der Waals surface area contributed by atoms with E-state index in [-0.39, 0.29) is 19.8 Å². The van der Waals surface area contributed by atoms with E-state index in [1.807, 2.05) is 0 Å². The SMILES string of the molecule is O=C(O)c1ccc(Sc2ccc(F)cc2F)c(F)c1Br. The quantitative estimate of drug-likeness (QED) is 0.858. The van der Waals surface area contributed by atoms with Gasteiger partial charge in [0.15, 0.2) is 5.82 Å². The zero-order valence-corrected chi connectivity index (χ0v) is 12.1. The van der Waals surface area contributed by atoms with Crippen LogP contribution in [0.5, 0.6) is 0 Å². The molecule has 20 heavy (non-hydrogen) atoms. The summed E-state index contributed by atoms with van der Waals surface area (Å²) < 4.78 is 40.0. The van der Waals surface area contributed by atoms with Crippen LogP contribution >= 0.6 is 27.7 Å². The number of carboxylic acids is 1. The third-order valence-corrected chi connectivity index (χ3v) is 4.25. The van der Waals surface area contributed by atoms with Crippen LogP contribution in [0.2, 0.25) is 0 Å². The number of aromatic carboxylic acids is 1. The van der Waals surface area contributed by atoms with Crippen LogP contribution in [0.1, 0.15) is 10.4 Å². The second kappa shape index (κ2) is 5.88. The summed E-state index contributed by atoms with van der Waals surface area (Å²) in [5, 5.41) is 8.84. The molecule has 0 aromatic heterocycles. The monoisotopic (exact) mass is 362 g/mol. The van der Waals surface area contributed by atoms with E-state index < -0.39 is 23.4 Å². The minimum atomic E-state index is -1.28. The summed E-state index contributed by atoms with van der Waals surface area (Å²) >= 11 is 3.60. The first-order chi connectivity index (χ1) is 9.40. The predicted molar refractivity (Wildman–Crippen MR) is 71.5 cm³/mol. The molecule has 0 heterocycles. The van der Waals surface area contributed by atoms with E-state index in [0.717, 1.165) is 17.8 Å². The van der Waals surface area contributed by atoms with Crippen molar-refractivity contribution in [3.05, 3.63) is 57.8 Å². The Kier molecular flexibility index (Phi) is 4.39. The zero-order chi connectivity index (χ0) is 14.9. The molecule has 0 radical (unpaired) electrons. The molecule has 0 unspecified atom stereocenters. The molecule has 0 atom stereocenters. The Bertz CT molecular complexity index is 692. The van der Waals surface area contributed by atoms with Crippen molar-refractivity contribution >= 4 is 33.7 Å². The lowest BCUT2D eigenvalue weighted by molar-refractivity contribution is 0.0695. The molecule has 2 aromatic carbocycles. The first-order valence-corrected chi connectivity index (χ1v) is 6.85. The lowest BCUT2D eigenvalue weighted by Crippen LogP contribution is -2.00. The van der Waals surface area contributed by atoms with E-state index >= 15 is 0 Å². The van der Waals surface area contributed by atoms with Gasteiger partial charge in [-0.25, -0.2) is 18.0 Å². The molecule has 2 aromatic rings. The minimum absolute atomic E-state index is 0.0346. The summed E-state index contributed by atoms with van der Waals surface area (Å²) in [6, 6.07) is 5.38. The van der Waals surface area contributed by atoms with Gasteiger partial charge in [-0.2, -0.15) is 0 Å². The molecule has 0 aliphatic carbocycles. The van der Waals surface area contributed by atoms with Gasteiger partial charge in [0.25, 0.3) is 0 Å². The van der Waals surface area contributed by atoms with Crippen molar-refractivity contribution in [3.63, 3.8) is 0 Å². The lowest BCUT2D eigenvalue weighted by atomic mass is 10.2. The highest BCUT2D eigenvalue weighted by molar-refractivity contribution is 9.10. The maximum absolute atomic E-state index is 14.0. The molecule has 2 nitrogen and oxygen atoms in total. The maximum Gasteiger partial charge on any atom is 0.336 e. The van der Waals surface area contributed by atoms with Crippen molar-refractivity contribution in [1.82, 2.24) is 0 Å². The van der Waals surface area contributed by atoms with E-state index in [9.17, 15) is 18.0 Å². The van der Waals surface area contributed by atoms with Crippen molar-refractivity contribution in [2.45, 2.75) is 9.79 Å². The fourth-order valence-corrected chi connectivity index (χ4v) is 2.96. The lowest BCUT2D eigenvalue weighted by Gasteiger charge is -2.07. The number of hydrogen-bond acceptors (Lipinski definition) is 2. The molecule has 0 aliphatic rings. The van der Waals surface area contributed by atoms with Crippen LogP contribution in [0, 0.1) is 17.5 Å². The van der Waals surface area contributed by atoms with Crippen molar-refractivity contribution in [1.29, 1.82) is 0 Å². The number of carbonyl (C=O) groups is 1. The van der Waals surface area contributed by atoms with Crippen molar-refractivity contribution in [2.75, 3.05) is 0 Å². The highest BCUT2D eigenvalue weighted by atomic mass is 79.9. The number of benzene rings is 2. The van der Waals surface area contributed by atoms with E-state index in [2.05, 4.69) is 15.9 Å². The molecule has 2 rings (SSSR count). The van der Waals surface area contributed by atoms with Crippen LogP contribution in [-0.2, 0) is 0 Å². The molecule has 0 aliphatic heterocycles. The van der Waals surface area contributed by atoms with E-state index in [1.165, 1.54) is 18.2 Å². The van der Waals surface area contributed by atoms with Crippen LogP contribution < -0.4 is 0 Å². The maximum atomic E-state index is 14.0. The van der Waals surface area contributed by atoms with Crippen LogP contribution in [-0.4, -0.2) is 11.1 Å². The number of halogens is 4. The van der Waals surface area contributed by atoms with Crippen molar-refractivity contribution < 1.29 is 23.1 Å². The first kappa shape index (κ1) is 14.9. The Hall–Kier alpha value is -1.47. The molecular formula is C13H6BrF3O2S. The molecule has 1 N–H and O–H groups in total. The predicted octanol–water partition coefficient (Wildman–Crippen LogP) is 4.72. The summed E-state index contributed by atoms with van der Waals surface area (Å²) in [5.74, 6) is -3.62. The molecule has 0 amide bonds. The molecule has 104 valence electrons. The van der Waals surface area contributed by atoms with Gasteiger partial charge in [-0.1, -0.05) is 11.8 Å². The zero-order valence-electron chi connectivity index (χ0n) is 9.66.